The lowest BCUT2D eigenvalue weighted by Crippen LogP contribution is -2.23. The fourth-order valence-electron chi connectivity index (χ4n) is 2.98. The van der Waals surface area contributed by atoms with Crippen molar-refractivity contribution >= 4 is 23.2 Å². The molecule has 6 nitrogen and oxygen atoms in total. The van der Waals surface area contributed by atoms with Crippen LogP contribution in [-0.4, -0.2) is 38.7 Å². The Morgan fingerprint density at radius 1 is 1.07 bits per heavy atom. The first-order valence-corrected chi connectivity index (χ1v) is 9.06. The largest absolute Gasteiger partial charge is 0.491 e. The van der Waals surface area contributed by atoms with Crippen molar-refractivity contribution in [2.24, 2.45) is 0 Å². The van der Waals surface area contributed by atoms with Crippen LogP contribution in [0.4, 0.5) is 11.4 Å². The highest BCUT2D eigenvalue weighted by Gasteiger charge is 2.21. The van der Waals surface area contributed by atoms with E-state index in [2.05, 4.69) is 5.32 Å². The maximum atomic E-state index is 12.2. The van der Waals surface area contributed by atoms with Crippen LogP contribution in [0, 0.1) is 0 Å². The van der Waals surface area contributed by atoms with E-state index in [9.17, 15) is 9.59 Å². The first kappa shape index (κ1) is 18.9. The van der Waals surface area contributed by atoms with Crippen LogP contribution in [0.1, 0.15) is 18.4 Å². The van der Waals surface area contributed by atoms with Gasteiger partial charge in [-0.1, -0.05) is 12.1 Å². The van der Waals surface area contributed by atoms with Crippen molar-refractivity contribution in [3.8, 4) is 5.75 Å². The number of benzene rings is 2. The van der Waals surface area contributed by atoms with Gasteiger partial charge in [0.2, 0.25) is 11.8 Å². The maximum Gasteiger partial charge on any atom is 0.228 e. The lowest BCUT2D eigenvalue weighted by atomic mass is 10.1. The first-order chi connectivity index (χ1) is 13.2. The van der Waals surface area contributed by atoms with Gasteiger partial charge in [0.25, 0.3) is 0 Å². The van der Waals surface area contributed by atoms with Crippen LogP contribution in [0.25, 0.3) is 0 Å². The van der Waals surface area contributed by atoms with Crippen molar-refractivity contribution in [3.05, 3.63) is 54.1 Å². The number of nitrogens with one attached hydrogen (secondary N) is 1. The van der Waals surface area contributed by atoms with Crippen molar-refractivity contribution in [3.63, 3.8) is 0 Å². The van der Waals surface area contributed by atoms with E-state index in [0.717, 1.165) is 35.7 Å². The molecule has 0 spiro atoms. The normalized spacial score (nSPS) is 13.7. The van der Waals surface area contributed by atoms with E-state index in [1.165, 1.54) is 0 Å². The van der Waals surface area contributed by atoms with Crippen LogP contribution < -0.4 is 15.0 Å². The van der Waals surface area contributed by atoms with Gasteiger partial charge in [0, 0.05) is 31.5 Å². The molecule has 0 bridgehead atoms. The summed E-state index contributed by atoms with van der Waals surface area (Å²) >= 11 is 0. The minimum absolute atomic E-state index is 0.0898. The summed E-state index contributed by atoms with van der Waals surface area (Å²) in [7, 11) is 1.63. The number of methoxy groups -OCH3 is 1. The highest BCUT2D eigenvalue weighted by Crippen LogP contribution is 2.22. The number of ether oxygens (including phenoxy) is 2. The fraction of sp³-hybridized carbons (Fsp3) is 0.333. The van der Waals surface area contributed by atoms with Gasteiger partial charge >= 0.3 is 0 Å². The number of carbonyl (C=O) groups is 2. The highest BCUT2D eigenvalue weighted by atomic mass is 16.5. The first-order valence-electron chi connectivity index (χ1n) is 9.06. The van der Waals surface area contributed by atoms with Crippen LogP contribution in [0.3, 0.4) is 0 Å². The molecule has 0 radical (unpaired) electrons. The molecule has 0 atom stereocenters. The van der Waals surface area contributed by atoms with Crippen molar-refractivity contribution in [2.45, 2.75) is 19.3 Å². The van der Waals surface area contributed by atoms with E-state index in [0.29, 0.717) is 19.6 Å². The van der Waals surface area contributed by atoms with Crippen LogP contribution in [0.5, 0.6) is 5.75 Å². The average Bonchev–Trinajstić information content (AvgIpc) is 3.10. The van der Waals surface area contributed by atoms with E-state index >= 15 is 0 Å². The third-order valence-corrected chi connectivity index (χ3v) is 4.38. The number of amides is 2. The Balaban J connectivity index is 1.50. The van der Waals surface area contributed by atoms with Crippen LogP contribution in [0.2, 0.25) is 0 Å². The van der Waals surface area contributed by atoms with Gasteiger partial charge in [-0.25, -0.2) is 0 Å². The molecule has 3 rings (SSSR count). The minimum Gasteiger partial charge on any atom is -0.491 e. The van der Waals surface area contributed by atoms with Gasteiger partial charge in [0.05, 0.1) is 13.0 Å². The second kappa shape index (κ2) is 9.19. The number of hydrogen-bond acceptors (Lipinski definition) is 4. The third kappa shape index (κ3) is 5.31. The fourth-order valence-corrected chi connectivity index (χ4v) is 2.98. The number of rotatable bonds is 8. The maximum absolute atomic E-state index is 12.2. The SMILES string of the molecule is COCCOc1ccc(NC(=O)Cc2ccc(N3CCCC3=O)cc2)cc1. The molecule has 1 aliphatic heterocycles. The summed E-state index contributed by atoms with van der Waals surface area (Å²) in [5.41, 5.74) is 2.52. The van der Waals surface area contributed by atoms with Gasteiger partial charge in [-0.3, -0.25) is 9.59 Å². The highest BCUT2D eigenvalue weighted by molar-refractivity contribution is 5.95. The molecular formula is C21H24N2O4. The minimum atomic E-state index is -0.0898. The molecule has 2 aromatic carbocycles. The molecule has 1 saturated heterocycles. The summed E-state index contributed by atoms with van der Waals surface area (Å²) in [4.78, 5) is 25.8. The summed E-state index contributed by atoms with van der Waals surface area (Å²) in [6, 6.07) is 14.8. The zero-order valence-corrected chi connectivity index (χ0v) is 15.4. The monoisotopic (exact) mass is 368 g/mol. The Morgan fingerprint density at radius 2 is 1.81 bits per heavy atom. The van der Waals surface area contributed by atoms with E-state index in [-0.39, 0.29) is 18.2 Å². The summed E-state index contributed by atoms with van der Waals surface area (Å²) in [6.07, 6.45) is 1.79. The zero-order chi connectivity index (χ0) is 19.1. The molecule has 1 aliphatic rings. The van der Waals surface area contributed by atoms with E-state index in [1.807, 2.05) is 48.5 Å². The molecule has 0 unspecified atom stereocenters. The quantitative estimate of drug-likeness (QED) is 0.728. The van der Waals surface area contributed by atoms with Crippen molar-refractivity contribution in [1.29, 1.82) is 0 Å². The third-order valence-electron chi connectivity index (χ3n) is 4.38. The molecule has 6 heteroatoms. The number of carbonyl (C=O) groups excluding carboxylic acids is 2. The van der Waals surface area contributed by atoms with Crippen molar-refractivity contribution < 1.29 is 19.1 Å². The van der Waals surface area contributed by atoms with Gasteiger partial charge in [-0.2, -0.15) is 0 Å². The molecule has 0 aromatic heterocycles. The second-order valence-corrected chi connectivity index (χ2v) is 6.41. The summed E-state index contributed by atoms with van der Waals surface area (Å²) in [6.45, 7) is 1.79. The Bertz CT molecular complexity index is 772. The van der Waals surface area contributed by atoms with E-state index in [1.54, 1.807) is 12.0 Å². The number of nitrogens with zero attached hydrogens (tertiary/aromatic N) is 1. The Labute approximate surface area is 159 Å². The van der Waals surface area contributed by atoms with Gasteiger partial charge in [0.15, 0.2) is 0 Å². The lowest BCUT2D eigenvalue weighted by Gasteiger charge is -2.15. The second-order valence-electron chi connectivity index (χ2n) is 6.41. The average molecular weight is 368 g/mol. The van der Waals surface area contributed by atoms with Gasteiger partial charge in [0.1, 0.15) is 12.4 Å². The Kier molecular flexibility index (Phi) is 6.44. The Morgan fingerprint density at radius 3 is 2.44 bits per heavy atom. The Hall–Kier alpha value is -2.86. The van der Waals surface area contributed by atoms with Crippen molar-refractivity contribution in [1.82, 2.24) is 0 Å². The lowest BCUT2D eigenvalue weighted by molar-refractivity contribution is -0.117. The molecule has 2 aromatic rings. The van der Waals surface area contributed by atoms with Crippen LogP contribution in [-0.2, 0) is 20.7 Å². The van der Waals surface area contributed by atoms with E-state index in [4.69, 9.17) is 9.47 Å². The molecule has 142 valence electrons. The molecule has 27 heavy (non-hydrogen) atoms. The van der Waals surface area contributed by atoms with Crippen LogP contribution >= 0.6 is 0 Å². The van der Waals surface area contributed by atoms with Gasteiger partial charge < -0.3 is 19.7 Å². The van der Waals surface area contributed by atoms with Gasteiger partial charge in [-0.05, 0) is 48.4 Å². The summed E-state index contributed by atoms with van der Waals surface area (Å²) in [5.74, 6) is 0.806. The molecule has 0 saturated carbocycles. The predicted molar refractivity (Wildman–Crippen MR) is 104 cm³/mol. The molecular weight excluding hydrogens is 344 g/mol. The molecule has 1 fully saturated rings. The van der Waals surface area contributed by atoms with E-state index < -0.39 is 0 Å². The molecule has 1 N–H and O–H groups in total. The number of hydrogen-bond donors (Lipinski definition) is 1. The molecule has 1 heterocycles. The zero-order valence-electron chi connectivity index (χ0n) is 15.4. The smallest absolute Gasteiger partial charge is 0.228 e. The predicted octanol–water partition coefficient (Wildman–Crippen LogP) is 3.02. The molecule has 0 aliphatic carbocycles. The summed E-state index contributed by atoms with van der Waals surface area (Å²) < 4.78 is 10.4. The molecule has 2 amide bonds. The van der Waals surface area contributed by atoms with Crippen molar-refractivity contribution in [2.75, 3.05) is 37.1 Å². The number of anilines is 2. The topological polar surface area (TPSA) is 67.9 Å². The van der Waals surface area contributed by atoms with Gasteiger partial charge in [-0.15, -0.1) is 0 Å². The standard InChI is InChI=1S/C21H24N2O4/c1-26-13-14-27-19-10-6-17(7-11-19)22-20(24)15-16-4-8-18(9-5-16)23-12-2-3-21(23)25/h4-11H,2-3,12-15H2,1H3,(H,22,24). The van der Waals surface area contributed by atoms with Crippen LogP contribution in [0.15, 0.2) is 48.5 Å². The summed E-state index contributed by atoms with van der Waals surface area (Å²) in [5, 5.41) is 2.88.